The minimum atomic E-state index is -0.491. The number of nitrogens with one attached hydrogen (secondary N) is 1. The van der Waals surface area contributed by atoms with Crippen LogP contribution >= 0.6 is 0 Å². The van der Waals surface area contributed by atoms with Gasteiger partial charge in [0.2, 0.25) is 5.91 Å². The lowest BCUT2D eigenvalue weighted by atomic mass is 9.99. The average molecular weight is 419 g/mol. The van der Waals surface area contributed by atoms with Crippen molar-refractivity contribution in [2.24, 2.45) is 0 Å². The molecule has 0 saturated carbocycles. The molecule has 0 aliphatic carbocycles. The molecule has 4 aromatic rings. The van der Waals surface area contributed by atoms with E-state index in [-0.39, 0.29) is 12.3 Å². The van der Waals surface area contributed by atoms with Gasteiger partial charge in [-0.2, -0.15) is 0 Å². The molecule has 0 spiro atoms. The summed E-state index contributed by atoms with van der Waals surface area (Å²) in [5.41, 5.74) is 4.81. The number of amides is 1. The van der Waals surface area contributed by atoms with Crippen molar-refractivity contribution in [2.75, 3.05) is 13.7 Å². The van der Waals surface area contributed by atoms with Crippen LogP contribution in [0.3, 0.4) is 0 Å². The van der Waals surface area contributed by atoms with Crippen molar-refractivity contribution >= 4 is 27.8 Å². The van der Waals surface area contributed by atoms with E-state index >= 15 is 0 Å². The van der Waals surface area contributed by atoms with Gasteiger partial charge in [-0.3, -0.25) is 4.79 Å². The molecular formula is C25H25NO5. The van der Waals surface area contributed by atoms with E-state index in [9.17, 15) is 9.59 Å². The van der Waals surface area contributed by atoms with Crippen molar-refractivity contribution in [3.8, 4) is 5.75 Å². The zero-order valence-corrected chi connectivity index (χ0v) is 18.1. The van der Waals surface area contributed by atoms with Crippen LogP contribution in [0, 0.1) is 20.8 Å². The van der Waals surface area contributed by atoms with Crippen LogP contribution < -0.4 is 15.7 Å². The zero-order chi connectivity index (χ0) is 22.1. The number of furan rings is 1. The predicted molar refractivity (Wildman–Crippen MR) is 120 cm³/mol. The summed E-state index contributed by atoms with van der Waals surface area (Å²) >= 11 is 0. The molecule has 6 nitrogen and oxygen atoms in total. The fourth-order valence-electron chi connectivity index (χ4n) is 4.07. The number of methoxy groups -OCH3 is 1. The summed E-state index contributed by atoms with van der Waals surface area (Å²) in [7, 11) is 1.62. The highest BCUT2D eigenvalue weighted by Gasteiger charge is 2.19. The molecule has 0 aliphatic rings. The quantitative estimate of drug-likeness (QED) is 0.469. The lowest BCUT2D eigenvalue weighted by Crippen LogP contribution is -2.29. The average Bonchev–Trinajstić information content (AvgIpc) is 3.13. The Morgan fingerprint density at radius 1 is 1.10 bits per heavy atom. The molecule has 0 saturated heterocycles. The maximum absolute atomic E-state index is 12.6. The monoisotopic (exact) mass is 419 g/mol. The Balaban J connectivity index is 1.56. The molecule has 4 rings (SSSR count). The lowest BCUT2D eigenvalue weighted by Gasteiger charge is -2.10. The highest BCUT2D eigenvalue weighted by molar-refractivity contribution is 6.07. The van der Waals surface area contributed by atoms with Gasteiger partial charge in [0.05, 0.1) is 30.7 Å². The normalized spacial score (nSPS) is 11.2. The van der Waals surface area contributed by atoms with Crippen molar-refractivity contribution in [2.45, 2.75) is 33.6 Å². The Kier molecular flexibility index (Phi) is 5.55. The highest BCUT2D eigenvalue weighted by Crippen LogP contribution is 2.34. The first kappa shape index (κ1) is 20.7. The van der Waals surface area contributed by atoms with Crippen LogP contribution in [-0.2, 0) is 17.6 Å². The van der Waals surface area contributed by atoms with Crippen molar-refractivity contribution in [1.82, 2.24) is 5.32 Å². The molecule has 6 heteroatoms. The summed E-state index contributed by atoms with van der Waals surface area (Å²) in [6.45, 7) is 6.24. The van der Waals surface area contributed by atoms with Crippen LogP contribution in [0.25, 0.3) is 21.9 Å². The van der Waals surface area contributed by atoms with E-state index < -0.39 is 5.63 Å². The molecule has 1 N–H and O–H groups in total. The number of carbonyl (C=O) groups is 1. The highest BCUT2D eigenvalue weighted by atomic mass is 16.5. The number of rotatable bonds is 6. The third-order valence-electron chi connectivity index (χ3n) is 5.67. The summed E-state index contributed by atoms with van der Waals surface area (Å²) in [6.07, 6.45) is 2.32. The number of carbonyl (C=O) groups excluding carboxylic acids is 1. The number of hydrogen-bond donors (Lipinski definition) is 1. The molecule has 0 fully saturated rings. The van der Waals surface area contributed by atoms with Crippen LogP contribution in [0.5, 0.6) is 5.75 Å². The zero-order valence-electron chi connectivity index (χ0n) is 18.1. The molecule has 160 valence electrons. The van der Waals surface area contributed by atoms with Gasteiger partial charge in [0.15, 0.2) is 0 Å². The Morgan fingerprint density at radius 3 is 2.68 bits per heavy atom. The number of hydrogen-bond acceptors (Lipinski definition) is 5. The predicted octanol–water partition coefficient (Wildman–Crippen LogP) is 4.37. The van der Waals surface area contributed by atoms with E-state index in [1.807, 2.05) is 51.1 Å². The Labute approximate surface area is 179 Å². The van der Waals surface area contributed by atoms with Gasteiger partial charge in [-0.05, 0) is 67.6 Å². The second-order valence-corrected chi connectivity index (χ2v) is 7.81. The third kappa shape index (κ3) is 3.93. The first-order valence-corrected chi connectivity index (χ1v) is 10.2. The van der Waals surface area contributed by atoms with Gasteiger partial charge in [-0.15, -0.1) is 0 Å². The second kappa shape index (κ2) is 8.30. The summed E-state index contributed by atoms with van der Waals surface area (Å²) < 4.78 is 16.6. The van der Waals surface area contributed by atoms with Gasteiger partial charge < -0.3 is 18.9 Å². The standard InChI is InChI=1S/C25H25NO5/c1-14-10-20-23(24-22(14)15(2)13-30-24)16(3)19(25(28)31-20)12-21(27)26-9-8-17-6-5-7-18(11-17)29-4/h5-7,10-11,13H,8-9,12H2,1-4H3,(H,26,27). The fraction of sp³-hybridized carbons (Fsp3) is 0.280. The van der Waals surface area contributed by atoms with E-state index in [4.69, 9.17) is 13.6 Å². The fourth-order valence-corrected chi connectivity index (χ4v) is 4.07. The summed E-state index contributed by atoms with van der Waals surface area (Å²) in [6, 6.07) is 9.57. The molecule has 0 bridgehead atoms. The number of aryl methyl sites for hydroxylation is 3. The van der Waals surface area contributed by atoms with Crippen LogP contribution in [0.1, 0.15) is 27.8 Å². The van der Waals surface area contributed by atoms with E-state index in [1.165, 1.54) is 0 Å². The molecule has 1 amide bonds. The smallest absolute Gasteiger partial charge is 0.340 e. The van der Waals surface area contributed by atoms with E-state index in [0.717, 1.165) is 33.2 Å². The molecule has 2 aromatic carbocycles. The summed E-state index contributed by atoms with van der Waals surface area (Å²) in [5, 5.41) is 4.64. The van der Waals surface area contributed by atoms with E-state index in [0.29, 0.717) is 35.3 Å². The van der Waals surface area contributed by atoms with E-state index in [2.05, 4.69) is 5.32 Å². The van der Waals surface area contributed by atoms with Crippen molar-refractivity contribution < 1.29 is 18.4 Å². The number of ether oxygens (including phenoxy) is 1. The first-order valence-electron chi connectivity index (χ1n) is 10.2. The molecule has 0 aliphatic heterocycles. The molecule has 2 aromatic heterocycles. The second-order valence-electron chi connectivity index (χ2n) is 7.81. The van der Waals surface area contributed by atoms with E-state index in [1.54, 1.807) is 13.4 Å². The van der Waals surface area contributed by atoms with Crippen molar-refractivity contribution in [3.05, 3.63) is 74.8 Å². The summed E-state index contributed by atoms with van der Waals surface area (Å²) in [5.74, 6) is 0.555. The number of fused-ring (bicyclic) bond motifs is 3. The van der Waals surface area contributed by atoms with Gasteiger partial charge >= 0.3 is 5.63 Å². The molecule has 0 atom stereocenters. The SMILES string of the molecule is COc1cccc(CCNC(=O)Cc2c(C)c3c(cc(C)c4c(C)coc43)oc2=O)c1. The minimum absolute atomic E-state index is 0.0444. The number of benzene rings is 2. The molecule has 0 unspecified atom stereocenters. The third-order valence-corrected chi connectivity index (χ3v) is 5.67. The molecule has 2 heterocycles. The van der Waals surface area contributed by atoms with Crippen molar-refractivity contribution in [1.29, 1.82) is 0 Å². The Bertz CT molecular complexity index is 1350. The maximum Gasteiger partial charge on any atom is 0.340 e. The molecule has 31 heavy (non-hydrogen) atoms. The largest absolute Gasteiger partial charge is 0.497 e. The maximum atomic E-state index is 12.6. The van der Waals surface area contributed by atoms with Crippen molar-refractivity contribution in [3.63, 3.8) is 0 Å². The van der Waals surface area contributed by atoms with Gasteiger partial charge in [0.1, 0.15) is 16.9 Å². The minimum Gasteiger partial charge on any atom is -0.497 e. The van der Waals surface area contributed by atoms with Gasteiger partial charge in [-0.1, -0.05) is 12.1 Å². The van der Waals surface area contributed by atoms with Gasteiger partial charge in [0.25, 0.3) is 0 Å². The topological polar surface area (TPSA) is 81.7 Å². The molecular weight excluding hydrogens is 394 g/mol. The van der Waals surface area contributed by atoms with Crippen LogP contribution in [-0.4, -0.2) is 19.6 Å². The van der Waals surface area contributed by atoms with Gasteiger partial charge in [-0.25, -0.2) is 4.79 Å². The van der Waals surface area contributed by atoms with Crippen LogP contribution in [0.2, 0.25) is 0 Å². The Hall–Kier alpha value is -3.54. The summed E-state index contributed by atoms with van der Waals surface area (Å²) in [4.78, 5) is 25.2. The van der Waals surface area contributed by atoms with Gasteiger partial charge in [0, 0.05) is 11.9 Å². The molecule has 0 radical (unpaired) electrons. The first-order chi connectivity index (χ1) is 14.9. The van der Waals surface area contributed by atoms with Crippen LogP contribution in [0.15, 0.2) is 50.2 Å². The lowest BCUT2D eigenvalue weighted by molar-refractivity contribution is -0.120. The van der Waals surface area contributed by atoms with Crippen LogP contribution in [0.4, 0.5) is 0 Å². The Morgan fingerprint density at radius 2 is 1.90 bits per heavy atom.